The average molecular weight is 310 g/mol. The number of hydrogen-bond acceptors (Lipinski definition) is 4. The van der Waals surface area contributed by atoms with E-state index >= 15 is 0 Å². The first-order valence-corrected chi connectivity index (χ1v) is 10.2. The van der Waals surface area contributed by atoms with Crippen molar-refractivity contribution in [2.45, 2.75) is 45.3 Å². The fourth-order valence-electron chi connectivity index (χ4n) is 1.76. The van der Waals surface area contributed by atoms with Gasteiger partial charge in [-0.2, -0.15) is 0 Å². The molecule has 1 aromatic rings. The Kier molecular flexibility index (Phi) is 6.04. The van der Waals surface area contributed by atoms with Crippen molar-refractivity contribution < 1.29 is 19.2 Å². The number of rotatable bonds is 6. The zero-order valence-corrected chi connectivity index (χ0v) is 14.9. The Labute approximate surface area is 129 Å². The van der Waals surface area contributed by atoms with Crippen LogP contribution in [0.5, 0.6) is 5.75 Å². The topological polar surface area (TPSA) is 58.9 Å². The molecule has 0 radical (unpaired) electrons. The standard InChI is InChI=1S/C15H27BO4Si/c1-15(2,3)21(5,6)20-10-9-12-7-8-13(16(17)18)11-14(12)19-4/h7-8,11,17-18H,9-10H2,1-6H3. The summed E-state index contributed by atoms with van der Waals surface area (Å²) in [5, 5.41) is 18.6. The summed E-state index contributed by atoms with van der Waals surface area (Å²) >= 11 is 0. The Hall–Kier alpha value is -0.818. The summed E-state index contributed by atoms with van der Waals surface area (Å²) in [6, 6.07) is 5.23. The van der Waals surface area contributed by atoms with Gasteiger partial charge < -0.3 is 19.2 Å². The molecule has 0 fully saturated rings. The summed E-state index contributed by atoms with van der Waals surface area (Å²) in [5.74, 6) is 0.666. The first-order chi connectivity index (χ1) is 9.58. The third-order valence-corrected chi connectivity index (χ3v) is 8.79. The van der Waals surface area contributed by atoms with E-state index in [-0.39, 0.29) is 5.04 Å². The molecule has 2 N–H and O–H groups in total. The monoisotopic (exact) mass is 310 g/mol. The predicted octanol–water partition coefficient (Wildman–Crippen LogP) is 1.94. The fraction of sp³-hybridized carbons (Fsp3) is 0.600. The highest BCUT2D eigenvalue weighted by Crippen LogP contribution is 2.36. The average Bonchev–Trinajstić information content (AvgIpc) is 2.37. The number of ether oxygens (including phenoxy) is 1. The van der Waals surface area contributed by atoms with Crippen molar-refractivity contribution in [3.63, 3.8) is 0 Å². The van der Waals surface area contributed by atoms with Gasteiger partial charge in [0.25, 0.3) is 0 Å². The van der Waals surface area contributed by atoms with Crippen LogP contribution in [-0.4, -0.2) is 39.2 Å². The van der Waals surface area contributed by atoms with Gasteiger partial charge in [-0.05, 0) is 41.6 Å². The molecule has 4 nitrogen and oxygen atoms in total. The Morgan fingerprint density at radius 1 is 1.19 bits per heavy atom. The second kappa shape index (κ2) is 6.96. The lowest BCUT2D eigenvalue weighted by Gasteiger charge is -2.36. The summed E-state index contributed by atoms with van der Waals surface area (Å²) in [6.07, 6.45) is 0.748. The molecule has 0 aromatic heterocycles. The molecule has 0 heterocycles. The minimum Gasteiger partial charge on any atom is -0.496 e. The van der Waals surface area contributed by atoms with Crippen LogP contribution in [0.1, 0.15) is 26.3 Å². The summed E-state index contributed by atoms with van der Waals surface area (Å²) < 4.78 is 11.5. The van der Waals surface area contributed by atoms with Crippen LogP contribution in [0.25, 0.3) is 0 Å². The van der Waals surface area contributed by atoms with Gasteiger partial charge in [-0.1, -0.05) is 32.9 Å². The van der Waals surface area contributed by atoms with Gasteiger partial charge in [-0.25, -0.2) is 0 Å². The lowest BCUT2D eigenvalue weighted by Crippen LogP contribution is -2.41. The van der Waals surface area contributed by atoms with Crippen LogP contribution in [0, 0.1) is 0 Å². The maximum Gasteiger partial charge on any atom is 0.488 e. The van der Waals surface area contributed by atoms with Gasteiger partial charge in [0.15, 0.2) is 8.32 Å². The third kappa shape index (κ3) is 4.85. The molecule has 1 rings (SSSR count). The van der Waals surface area contributed by atoms with Gasteiger partial charge >= 0.3 is 7.12 Å². The van der Waals surface area contributed by atoms with E-state index in [1.54, 1.807) is 19.2 Å². The molecule has 0 saturated carbocycles. The maximum absolute atomic E-state index is 9.19. The maximum atomic E-state index is 9.19. The molecular formula is C15H27BO4Si. The summed E-state index contributed by atoms with van der Waals surface area (Å²) in [7, 11) is -1.63. The second-order valence-electron chi connectivity index (χ2n) is 6.80. The van der Waals surface area contributed by atoms with Crippen LogP contribution in [0.3, 0.4) is 0 Å². The van der Waals surface area contributed by atoms with Crippen molar-refractivity contribution in [1.82, 2.24) is 0 Å². The molecule has 118 valence electrons. The molecule has 0 aliphatic rings. The molecule has 0 spiro atoms. The molecule has 0 amide bonds. The van der Waals surface area contributed by atoms with Crippen molar-refractivity contribution >= 4 is 20.9 Å². The van der Waals surface area contributed by atoms with E-state index in [9.17, 15) is 10.0 Å². The first kappa shape index (κ1) is 18.2. The molecule has 1 aromatic carbocycles. The molecule has 21 heavy (non-hydrogen) atoms. The van der Waals surface area contributed by atoms with Gasteiger partial charge in [-0.15, -0.1) is 0 Å². The zero-order valence-electron chi connectivity index (χ0n) is 13.9. The first-order valence-electron chi connectivity index (χ1n) is 7.25. The van der Waals surface area contributed by atoms with Crippen molar-refractivity contribution in [1.29, 1.82) is 0 Å². The third-order valence-electron chi connectivity index (χ3n) is 4.25. The molecule has 0 unspecified atom stereocenters. The second-order valence-corrected chi connectivity index (χ2v) is 11.6. The highest BCUT2D eigenvalue weighted by atomic mass is 28.4. The molecule has 6 heteroatoms. The quantitative estimate of drug-likeness (QED) is 0.789. The Morgan fingerprint density at radius 2 is 1.81 bits per heavy atom. The zero-order chi connectivity index (χ0) is 16.3. The van der Waals surface area contributed by atoms with Crippen molar-refractivity contribution in [3.05, 3.63) is 23.8 Å². The number of benzene rings is 1. The van der Waals surface area contributed by atoms with E-state index in [1.165, 1.54) is 0 Å². The van der Waals surface area contributed by atoms with E-state index in [0.717, 1.165) is 12.0 Å². The molecule has 0 aliphatic heterocycles. The van der Waals surface area contributed by atoms with Crippen LogP contribution in [0.15, 0.2) is 18.2 Å². The van der Waals surface area contributed by atoms with Crippen LogP contribution < -0.4 is 10.2 Å². The normalized spacial score (nSPS) is 12.4. The smallest absolute Gasteiger partial charge is 0.488 e. The van der Waals surface area contributed by atoms with Gasteiger partial charge in [0, 0.05) is 6.61 Å². The van der Waals surface area contributed by atoms with E-state index in [2.05, 4.69) is 33.9 Å². The van der Waals surface area contributed by atoms with Crippen LogP contribution in [0.4, 0.5) is 0 Å². The van der Waals surface area contributed by atoms with E-state index in [4.69, 9.17) is 9.16 Å². The molecule has 0 saturated heterocycles. The summed E-state index contributed by atoms with van der Waals surface area (Å²) in [5.41, 5.74) is 1.45. The number of methoxy groups -OCH3 is 1. The highest BCUT2D eigenvalue weighted by Gasteiger charge is 2.36. The van der Waals surface area contributed by atoms with Crippen molar-refractivity contribution in [2.75, 3.05) is 13.7 Å². The predicted molar refractivity (Wildman–Crippen MR) is 89.7 cm³/mol. The van der Waals surface area contributed by atoms with Crippen LogP contribution in [-0.2, 0) is 10.8 Å². The van der Waals surface area contributed by atoms with Crippen molar-refractivity contribution in [3.8, 4) is 5.75 Å². The Balaban J connectivity index is 2.72. The largest absolute Gasteiger partial charge is 0.496 e. The molecule has 0 atom stereocenters. The molecule has 0 aliphatic carbocycles. The van der Waals surface area contributed by atoms with E-state index in [0.29, 0.717) is 17.8 Å². The van der Waals surface area contributed by atoms with Gasteiger partial charge in [0.1, 0.15) is 5.75 Å². The molecular weight excluding hydrogens is 283 g/mol. The van der Waals surface area contributed by atoms with Crippen LogP contribution >= 0.6 is 0 Å². The minimum absolute atomic E-state index is 0.196. The Bertz CT molecular complexity index is 469. The van der Waals surface area contributed by atoms with E-state index in [1.807, 2.05) is 6.07 Å². The number of hydrogen-bond donors (Lipinski definition) is 2. The SMILES string of the molecule is COc1cc(B(O)O)ccc1CCO[Si](C)(C)C(C)(C)C. The summed E-state index contributed by atoms with van der Waals surface area (Å²) in [4.78, 5) is 0. The Morgan fingerprint density at radius 3 is 2.29 bits per heavy atom. The molecule has 0 bridgehead atoms. The minimum atomic E-state index is -1.74. The van der Waals surface area contributed by atoms with Gasteiger partial charge in [0.2, 0.25) is 0 Å². The van der Waals surface area contributed by atoms with Crippen molar-refractivity contribution in [2.24, 2.45) is 0 Å². The highest BCUT2D eigenvalue weighted by molar-refractivity contribution is 6.74. The van der Waals surface area contributed by atoms with Gasteiger partial charge in [0.05, 0.1) is 7.11 Å². The lowest BCUT2D eigenvalue weighted by molar-refractivity contribution is 0.289. The van der Waals surface area contributed by atoms with Gasteiger partial charge in [-0.3, -0.25) is 0 Å². The lowest BCUT2D eigenvalue weighted by atomic mass is 9.79. The summed E-state index contributed by atoms with van der Waals surface area (Å²) in [6.45, 7) is 11.8. The van der Waals surface area contributed by atoms with Crippen LogP contribution in [0.2, 0.25) is 18.1 Å². The van der Waals surface area contributed by atoms with E-state index < -0.39 is 15.4 Å². The fourth-order valence-corrected chi connectivity index (χ4v) is 2.81.